The van der Waals surface area contributed by atoms with Crippen molar-refractivity contribution in [2.24, 2.45) is 0 Å². The van der Waals surface area contributed by atoms with Crippen LogP contribution in [0, 0.1) is 6.92 Å². The highest BCUT2D eigenvalue weighted by molar-refractivity contribution is 5.88. The van der Waals surface area contributed by atoms with Crippen LogP contribution in [0.2, 0.25) is 0 Å². The van der Waals surface area contributed by atoms with Crippen molar-refractivity contribution >= 4 is 16.9 Å². The molecule has 27 heavy (non-hydrogen) atoms. The Labute approximate surface area is 160 Å². The van der Waals surface area contributed by atoms with Gasteiger partial charge in [-0.3, -0.25) is 4.90 Å². The number of para-hydroxylation sites is 1. The molecule has 0 saturated carbocycles. The molecule has 0 bridgehead atoms. The standard InChI is InChI=1S/C21H30N4O2/c1-16-18(19-6-2-4-17-5-3-9-25(16)20(17)19)7-8-22-21(27)24-12-10-23(11-13-24)14-15-26/h2,4,6,26H,3,5,7-15H2,1H3,(H,22,27). The maximum Gasteiger partial charge on any atom is 0.317 e. The van der Waals surface area contributed by atoms with Crippen LogP contribution in [0.5, 0.6) is 0 Å². The largest absolute Gasteiger partial charge is 0.395 e. The Kier molecular flexibility index (Phi) is 5.36. The maximum atomic E-state index is 12.5. The zero-order chi connectivity index (χ0) is 18.8. The summed E-state index contributed by atoms with van der Waals surface area (Å²) in [5.74, 6) is 0. The van der Waals surface area contributed by atoms with E-state index in [1.54, 1.807) is 0 Å². The van der Waals surface area contributed by atoms with Crippen molar-refractivity contribution in [2.45, 2.75) is 32.7 Å². The van der Waals surface area contributed by atoms with Crippen LogP contribution >= 0.6 is 0 Å². The van der Waals surface area contributed by atoms with Gasteiger partial charge >= 0.3 is 6.03 Å². The molecular weight excluding hydrogens is 340 g/mol. The minimum absolute atomic E-state index is 0.0324. The van der Waals surface area contributed by atoms with Gasteiger partial charge in [-0.2, -0.15) is 0 Å². The zero-order valence-electron chi connectivity index (χ0n) is 16.2. The third kappa shape index (κ3) is 3.56. The minimum Gasteiger partial charge on any atom is -0.395 e. The fourth-order valence-corrected chi connectivity index (χ4v) is 4.63. The number of carbonyl (C=O) groups excluding carboxylic acids is 1. The normalized spacial score (nSPS) is 17.5. The van der Waals surface area contributed by atoms with Gasteiger partial charge in [0.1, 0.15) is 0 Å². The number of carbonyl (C=O) groups is 1. The van der Waals surface area contributed by atoms with Crippen LogP contribution in [0.15, 0.2) is 18.2 Å². The number of nitrogens with one attached hydrogen (secondary N) is 1. The molecule has 2 aromatic rings. The number of β-amino-alcohol motifs (C(OH)–C–C–N with tert-alkyl or cyclic N) is 1. The number of aliphatic hydroxyl groups excluding tert-OH is 1. The van der Waals surface area contributed by atoms with Gasteiger partial charge in [-0.15, -0.1) is 0 Å². The van der Waals surface area contributed by atoms with E-state index >= 15 is 0 Å². The van der Waals surface area contributed by atoms with Crippen molar-refractivity contribution in [1.82, 2.24) is 19.7 Å². The van der Waals surface area contributed by atoms with Gasteiger partial charge in [0, 0.05) is 56.9 Å². The maximum absolute atomic E-state index is 12.5. The van der Waals surface area contributed by atoms with E-state index < -0.39 is 0 Å². The number of aliphatic hydroxyl groups is 1. The summed E-state index contributed by atoms with van der Waals surface area (Å²) >= 11 is 0. The van der Waals surface area contributed by atoms with E-state index in [2.05, 4.69) is 39.9 Å². The molecular formula is C21H30N4O2. The van der Waals surface area contributed by atoms with Crippen LogP contribution < -0.4 is 5.32 Å². The molecule has 6 nitrogen and oxygen atoms in total. The second-order valence-electron chi connectivity index (χ2n) is 7.67. The quantitative estimate of drug-likeness (QED) is 0.843. The van der Waals surface area contributed by atoms with Gasteiger partial charge in [-0.05, 0) is 37.3 Å². The van der Waals surface area contributed by atoms with E-state index in [4.69, 9.17) is 5.11 Å². The lowest BCUT2D eigenvalue weighted by molar-refractivity contribution is 0.122. The van der Waals surface area contributed by atoms with Crippen molar-refractivity contribution < 1.29 is 9.90 Å². The average molecular weight is 370 g/mol. The third-order valence-electron chi connectivity index (χ3n) is 6.11. The molecule has 0 unspecified atom stereocenters. The van der Waals surface area contributed by atoms with Crippen molar-refractivity contribution in [3.63, 3.8) is 0 Å². The van der Waals surface area contributed by atoms with Gasteiger partial charge < -0.3 is 19.9 Å². The van der Waals surface area contributed by atoms with Crippen LogP contribution in [-0.2, 0) is 19.4 Å². The Morgan fingerprint density at radius 2 is 2.00 bits per heavy atom. The summed E-state index contributed by atoms with van der Waals surface area (Å²) in [5.41, 5.74) is 5.59. The topological polar surface area (TPSA) is 60.7 Å². The highest BCUT2D eigenvalue weighted by atomic mass is 16.3. The molecule has 2 N–H and O–H groups in total. The van der Waals surface area contributed by atoms with Gasteiger partial charge in [-0.1, -0.05) is 18.2 Å². The first kappa shape index (κ1) is 18.3. The molecule has 2 amide bonds. The monoisotopic (exact) mass is 370 g/mol. The first-order chi connectivity index (χ1) is 13.2. The molecule has 1 fully saturated rings. The van der Waals surface area contributed by atoms with E-state index in [0.29, 0.717) is 13.1 Å². The average Bonchev–Trinajstić information content (AvgIpc) is 2.97. The Morgan fingerprint density at radius 3 is 2.78 bits per heavy atom. The summed E-state index contributed by atoms with van der Waals surface area (Å²) in [5, 5.41) is 13.5. The van der Waals surface area contributed by atoms with Crippen LogP contribution in [0.25, 0.3) is 10.9 Å². The Balaban J connectivity index is 1.37. The number of rotatable bonds is 5. The summed E-state index contributed by atoms with van der Waals surface area (Å²) in [7, 11) is 0. The number of amides is 2. The summed E-state index contributed by atoms with van der Waals surface area (Å²) in [6.07, 6.45) is 3.24. The predicted molar refractivity (Wildman–Crippen MR) is 107 cm³/mol. The molecule has 0 radical (unpaired) electrons. The number of benzene rings is 1. The molecule has 1 aromatic heterocycles. The number of aryl methyl sites for hydroxylation is 2. The number of urea groups is 1. The van der Waals surface area contributed by atoms with Crippen LogP contribution in [0.1, 0.15) is 23.2 Å². The fourth-order valence-electron chi connectivity index (χ4n) is 4.63. The number of hydrogen-bond acceptors (Lipinski definition) is 3. The van der Waals surface area contributed by atoms with Gasteiger partial charge in [-0.25, -0.2) is 4.79 Å². The van der Waals surface area contributed by atoms with E-state index in [1.165, 1.54) is 40.6 Å². The summed E-state index contributed by atoms with van der Waals surface area (Å²) in [6.45, 7) is 7.99. The highest BCUT2D eigenvalue weighted by Crippen LogP contribution is 2.32. The van der Waals surface area contributed by atoms with E-state index in [-0.39, 0.29) is 12.6 Å². The zero-order valence-corrected chi connectivity index (χ0v) is 16.2. The number of aromatic nitrogens is 1. The van der Waals surface area contributed by atoms with E-state index in [9.17, 15) is 4.79 Å². The molecule has 4 rings (SSSR count). The molecule has 2 aliphatic heterocycles. The predicted octanol–water partition coefficient (Wildman–Crippen LogP) is 1.76. The molecule has 0 atom stereocenters. The van der Waals surface area contributed by atoms with E-state index in [1.807, 2.05) is 4.90 Å². The lowest BCUT2D eigenvalue weighted by Gasteiger charge is -2.34. The number of piperazine rings is 1. The summed E-state index contributed by atoms with van der Waals surface area (Å²) < 4.78 is 2.46. The van der Waals surface area contributed by atoms with Crippen molar-refractivity contribution in [3.05, 3.63) is 35.0 Å². The SMILES string of the molecule is Cc1c(CCNC(=O)N2CCN(CCO)CC2)c2cccc3c2n1CCC3. The second kappa shape index (κ2) is 7.90. The molecule has 1 saturated heterocycles. The highest BCUT2D eigenvalue weighted by Gasteiger charge is 2.22. The molecule has 0 aliphatic carbocycles. The van der Waals surface area contributed by atoms with E-state index in [0.717, 1.165) is 39.1 Å². The first-order valence-corrected chi connectivity index (χ1v) is 10.1. The summed E-state index contributed by atoms with van der Waals surface area (Å²) in [4.78, 5) is 16.5. The van der Waals surface area contributed by atoms with Gasteiger partial charge in [0.05, 0.1) is 12.1 Å². The van der Waals surface area contributed by atoms with Crippen LogP contribution in [0.4, 0.5) is 4.79 Å². The number of nitrogens with zero attached hydrogens (tertiary/aromatic N) is 3. The summed E-state index contributed by atoms with van der Waals surface area (Å²) in [6, 6.07) is 6.68. The minimum atomic E-state index is 0.0324. The molecule has 0 spiro atoms. The van der Waals surface area contributed by atoms with Crippen molar-refractivity contribution in [2.75, 3.05) is 45.9 Å². The Bertz CT molecular complexity index is 821. The smallest absolute Gasteiger partial charge is 0.317 e. The Morgan fingerprint density at radius 1 is 1.19 bits per heavy atom. The second-order valence-corrected chi connectivity index (χ2v) is 7.67. The first-order valence-electron chi connectivity index (χ1n) is 10.1. The molecule has 1 aromatic carbocycles. The lowest BCUT2D eigenvalue weighted by atomic mass is 10.0. The van der Waals surface area contributed by atoms with Gasteiger partial charge in [0.2, 0.25) is 0 Å². The van der Waals surface area contributed by atoms with Crippen LogP contribution in [0.3, 0.4) is 0 Å². The fraction of sp³-hybridized carbons (Fsp3) is 0.571. The van der Waals surface area contributed by atoms with Crippen molar-refractivity contribution in [1.29, 1.82) is 0 Å². The molecule has 6 heteroatoms. The number of hydrogen-bond donors (Lipinski definition) is 2. The van der Waals surface area contributed by atoms with Gasteiger partial charge in [0.25, 0.3) is 0 Å². The van der Waals surface area contributed by atoms with Crippen molar-refractivity contribution in [3.8, 4) is 0 Å². The molecule has 2 aliphatic rings. The van der Waals surface area contributed by atoms with Gasteiger partial charge in [0.15, 0.2) is 0 Å². The molecule has 146 valence electrons. The molecule has 3 heterocycles. The third-order valence-corrected chi connectivity index (χ3v) is 6.11. The Hall–Kier alpha value is -2.05. The lowest BCUT2D eigenvalue weighted by Crippen LogP contribution is -2.52. The van der Waals surface area contributed by atoms with Crippen LogP contribution in [-0.4, -0.2) is 71.4 Å².